The topological polar surface area (TPSA) is 24.1 Å². The quantitative estimate of drug-likeness (QED) is 0.873. The predicted molar refractivity (Wildman–Crippen MR) is 81.8 cm³/mol. The number of hydrogen-bond acceptors (Lipinski definition) is 2. The number of piperidine rings is 1. The van der Waals surface area contributed by atoms with Crippen LogP contribution in [-0.4, -0.2) is 18.6 Å². The minimum Gasteiger partial charge on any atom is -0.381 e. The summed E-state index contributed by atoms with van der Waals surface area (Å²) in [5.74, 6) is 0.400. The Morgan fingerprint density at radius 1 is 1.15 bits per heavy atom. The third kappa shape index (κ3) is 3.09. The minimum atomic E-state index is -0.234. The van der Waals surface area contributed by atoms with Crippen LogP contribution in [0.1, 0.15) is 38.5 Å². The van der Waals surface area contributed by atoms with Gasteiger partial charge in [0.2, 0.25) is 0 Å². The predicted octanol–water partition coefficient (Wildman–Crippen LogP) is 4.20. The molecule has 2 nitrogen and oxygen atoms in total. The van der Waals surface area contributed by atoms with E-state index < -0.39 is 0 Å². The molecule has 4 heteroatoms. The van der Waals surface area contributed by atoms with Crippen molar-refractivity contribution in [3.63, 3.8) is 0 Å². The molecule has 1 heterocycles. The number of nitrogens with one attached hydrogen (secondary N) is 2. The van der Waals surface area contributed by atoms with E-state index in [0.717, 1.165) is 18.7 Å². The molecule has 110 valence electrons. The maximum Gasteiger partial charge on any atom is 0.125 e. The first-order chi connectivity index (χ1) is 9.74. The molecule has 0 radical (unpaired) electrons. The zero-order valence-electron chi connectivity index (χ0n) is 11.7. The highest BCUT2D eigenvalue weighted by Crippen LogP contribution is 2.35. The summed E-state index contributed by atoms with van der Waals surface area (Å²) in [7, 11) is 0. The maximum absolute atomic E-state index is 13.4. The van der Waals surface area contributed by atoms with E-state index >= 15 is 0 Å². The number of rotatable bonds is 3. The van der Waals surface area contributed by atoms with Crippen LogP contribution in [0.4, 0.5) is 10.1 Å². The largest absolute Gasteiger partial charge is 0.381 e. The maximum atomic E-state index is 13.4. The Morgan fingerprint density at radius 3 is 2.85 bits per heavy atom. The van der Waals surface area contributed by atoms with E-state index in [1.165, 1.54) is 44.2 Å². The summed E-state index contributed by atoms with van der Waals surface area (Å²) in [5.41, 5.74) is 0.736. The van der Waals surface area contributed by atoms with Gasteiger partial charge in [-0.1, -0.05) is 24.4 Å². The molecule has 20 heavy (non-hydrogen) atoms. The van der Waals surface area contributed by atoms with Gasteiger partial charge in [-0.3, -0.25) is 0 Å². The number of hydrogen-bond donors (Lipinski definition) is 2. The van der Waals surface area contributed by atoms with E-state index in [1.54, 1.807) is 6.07 Å². The zero-order chi connectivity index (χ0) is 13.9. The molecule has 1 aliphatic heterocycles. The van der Waals surface area contributed by atoms with Crippen molar-refractivity contribution in [2.24, 2.45) is 5.92 Å². The first kappa shape index (κ1) is 14.2. The molecule has 1 saturated carbocycles. The van der Waals surface area contributed by atoms with Crippen LogP contribution in [0.5, 0.6) is 0 Å². The van der Waals surface area contributed by atoms with Crippen molar-refractivity contribution in [3.05, 3.63) is 29.0 Å². The summed E-state index contributed by atoms with van der Waals surface area (Å²) in [6, 6.07) is 5.55. The second kappa shape index (κ2) is 6.31. The molecule has 2 aliphatic rings. The van der Waals surface area contributed by atoms with Gasteiger partial charge in [0.25, 0.3) is 0 Å². The van der Waals surface area contributed by atoms with Crippen molar-refractivity contribution in [1.29, 1.82) is 0 Å². The Bertz CT molecular complexity index is 460. The van der Waals surface area contributed by atoms with Gasteiger partial charge < -0.3 is 10.6 Å². The Balaban J connectivity index is 1.70. The Morgan fingerprint density at radius 2 is 2.05 bits per heavy atom. The SMILES string of the molecule is Fc1ccc(Cl)c(NC2CCCC2C2CCCCN2)c1. The summed E-state index contributed by atoms with van der Waals surface area (Å²) in [6.45, 7) is 1.13. The van der Waals surface area contributed by atoms with E-state index in [4.69, 9.17) is 11.6 Å². The van der Waals surface area contributed by atoms with Crippen LogP contribution < -0.4 is 10.6 Å². The van der Waals surface area contributed by atoms with Crippen molar-refractivity contribution >= 4 is 17.3 Å². The lowest BCUT2D eigenvalue weighted by atomic mass is 9.88. The molecule has 3 rings (SSSR count). The molecule has 1 aromatic rings. The molecule has 1 saturated heterocycles. The van der Waals surface area contributed by atoms with Gasteiger partial charge in [0.15, 0.2) is 0 Å². The second-order valence-corrected chi connectivity index (χ2v) is 6.43. The fourth-order valence-electron chi connectivity index (χ4n) is 3.70. The molecule has 1 aromatic carbocycles. The highest BCUT2D eigenvalue weighted by atomic mass is 35.5. The van der Waals surface area contributed by atoms with Crippen LogP contribution in [0.2, 0.25) is 5.02 Å². The summed E-state index contributed by atoms with van der Waals surface area (Å²) in [4.78, 5) is 0. The van der Waals surface area contributed by atoms with Gasteiger partial charge in [0, 0.05) is 12.1 Å². The summed E-state index contributed by atoms with van der Waals surface area (Å²) in [5, 5.41) is 7.75. The lowest BCUT2D eigenvalue weighted by molar-refractivity contribution is 0.286. The molecule has 0 spiro atoms. The van der Waals surface area contributed by atoms with E-state index in [9.17, 15) is 4.39 Å². The molecule has 1 aliphatic carbocycles. The third-order valence-corrected chi connectivity index (χ3v) is 5.03. The van der Waals surface area contributed by atoms with Crippen molar-refractivity contribution in [1.82, 2.24) is 5.32 Å². The van der Waals surface area contributed by atoms with Crippen LogP contribution in [-0.2, 0) is 0 Å². The summed E-state index contributed by atoms with van der Waals surface area (Å²) >= 11 is 6.16. The summed E-state index contributed by atoms with van der Waals surface area (Å²) in [6.07, 6.45) is 7.52. The Labute approximate surface area is 125 Å². The monoisotopic (exact) mass is 296 g/mol. The van der Waals surface area contributed by atoms with Gasteiger partial charge in [-0.2, -0.15) is 0 Å². The van der Waals surface area contributed by atoms with Crippen molar-refractivity contribution < 1.29 is 4.39 Å². The Kier molecular flexibility index (Phi) is 4.47. The van der Waals surface area contributed by atoms with Gasteiger partial charge in [0.05, 0.1) is 10.7 Å². The molecule has 2 fully saturated rings. The van der Waals surface area contributed by atoms with Crippen LogP contribution in [0, 0.1) is 11.7 Å². The smallest absolute Gasteiger partial charge is 0.125 e. The van der Waals surface area contributed by atoms with Gasteiger partial charge in [0.1, 0.15) is 5.82 Å². The lowest BCUT2D eigenvalue weighted by Crippen LogP contribution is -2.44. The molecule has 3 atom stereocenters. The Hall–Kier alpha value is -0.800. The molecule has 0 amide bonds. The van der Waals surface area contributed by atoms with Crippen LogP contribution in [0.3, 0.4) is 0 Å². The van der Waals surface area contributed by atoms with Gasteiger partial charge in [-0.25, -0.2) is 4.39 Å². The van der Waals surface area contributed by atoms with E-state index in [1.807, 2.05) is 0 Å². The van der Waals surface area contributed by atoms with Crippen molar-refractivity contribution in [3.8, 4) is 0 Å². The van der Waals surface area contributed by atoms with E-state index in [2.05, 4.69) is 10.6 Å². The van der Waals surface area contributed by atoms with Crippen molar-refractivity contribution in [2.45, 2.75) is 50.6 Å². The second-order valence-electron chi connectivity index (χ2n) is 6.03. The highest BCUT2D eigenvalue weighted by molar-refractivity contribution is 6.33. The van der Waals surface area contributed by atoms with Gasteiger partial charge in [-0.05, 0) is 56.3 Å². The fraction of sp³-hybridized carbons (Fsp3) is 0.625. The molecule has 3 unspecified atom stereocenters. The van der Waals surface area contributed by atoms with E-state index in [0.29, 0.717) is 23.0 Å². The normalized spacial score (nSPS) is 30.4. The van der Waals surface area contributed by atoms with Crippen molar-refractivity contribution in [2.75, 3.05) is 11.9 Å². The average molecular weight is 297 g/mol. The number of benzene rings is 1. The molecular weight excluding hydrogens is 275 g/mol. The molecular formula is C16H22ClFN2. The molecule has 2 N–H and O–H groups in total. The average Bonchev–Trinajstić information content (AvgIpc) is 2.92. The van der Waals surface area contributed by atoms with Crippen LogP contribution in [0.25, 0.3) is 0 Å². The third-order valence-electron chi connectivity index (χ3n) is 4.70. The summed E-state index contributed by atoms with van der Waals surface area (Å²) < 4.78 is 13.4. The van der Waals surface area contributed by atoms with Gasteiger partial charge in [-0.15, -0.1) is 0 Å². The van der Waals surface area contributed by atoms with Gasteiger partial charge >= 0.3 is 0 Å². The fourth-order valence-corrected chi connectivity index (χ4v) is 3.87. The number of anilines is 1. The standard InChI is InChI=1S/C16H22ClFN2/c17-13-8-7-11(18)10-16(13)20-15-6-3-4-12(15)14-5-1-2-9-19-14/h7-8,10,12,14-15,19-20H,1-6,9H2. The highest BCUT2D eigenvalue weighted by Gasteiger charge is 2.34. The minimum absolute atomic E-state index is 0.234. The molecule has 0 bridgehead atoms. The lowest BCUT2D eigenvalue weighted by Gasteiger charge is -2.33. The first-order valence-electron chi connectivity index (χ1n) is 7.69. The van der Waals surface area contributed by atoms with Crippen LogP contribution >= 0.6 is 11.6 Å². The van der Waals surface area contributed by atoms with Crippen LogP contribution in [0.15, 0.2) is 18.2 Å². The first-order valence-corrected chi connectivity index (χ1v) is 8.07. The van der Waals surface area contributed by atoms with E-state index in [-0.39, 0.29) is 5.82 Å². The molecule has 0 aromatic heterocycles. The zero-order valence-corrected chi connectivity index (χ0v) is 12.4. The number of halogens is 2.